The van der Waals surface area contributed by atoms with Crippen molar-refractivity contribution in [1.29, 1.82) is 0 Å². The molecule has 1 unspecified atom stereocenters. The van der Waals surface area contributed by atoms with Crippen LogP contribution in [0.2, 0.25) is 0 Å². The number of nitrogens with one attached hydrogen (secondary N) is 2. The molecular formula is C33H45F3N8O3. The number of halogens is 3. The first kappa shape index (κ1) is 35.5. The number of hydrogen-bond acceptors (Lipinski definition) is 8. The number of carbonyl (C=O) groups is 2. The van der Waals surface area contributed by atoms with Crippen LogP contribution in [0.15, 0.2) is 47.4 Å². The van der Waals surface area contributed by atoms with Crippen molar-refractivity contribution in [2.45, 2.75) is 78.7 Å². The van der Waals surface area contributed by atoms with Gasteiger partial charge in [-0.15, -0.1) is 0 Å². The van der Waals surface area contributed by atoms with Gasteiger partial charge in [-0.25, -0.2) is 19.6 Å². The van der Waals surface area contributed by atoms with Crippen LogP contribution in [0.3, 0.4) is 0 Å². The minimum atomic E-state index is -4.65. The monoisotopic (exact) mass is 658 g/mol. The van der Waals surface area contributed by atoms with Crippen LogP contribution in [0.5, 0.6) is 0 Å². The Labute approximate surface area is 273 Å². The smallest absolute Gasteiger partial charge is 0.416 e. The molecule has 3 amide bonds. The highest BCUT2D eigenvalue weighted by Gasteiger charge is 2.36. The van der Waals surface area contributed by atoms with Gasteiger partial charge in [0.15, 0.2) is 0 Å². The molecule has 0 aliphatic carbocycles. The van der Waals surface area contributed by atoms with Crippen LogP contribution in [0, 0.1) is 11.3 Å². The lowest BCUT2D eigenvalue weighted by atomic mass is 9.80. The van der Waals surface area contributed by atoms with E-state index in [-0.39, 0.29) is 46.8 Å². The normalized spacial score (nSPS) is 19.4. The van der Waals surface area contributed by atoms with Crippen LogP contribution in [-0.4, -0.2) is 75.9 Å². The summed E-state index contributed by atoms with van der Waals surface area (Å²) in [6.45, 7) is 13.6. The largest absolute Gasteiger partial charge is 0.444 e. The fourth-order valence-corrected chi connectivity index (χ4v) is 5.46. The van der Waals surface area contributed by atoms with Gasteiger partial charge in [0.2, 0.25) is 5.95 Å². The highest BCUT2D eigenvalue weighted by atomic mass is 19.4. The molecule has 2 fully saturated rings. The van der Waals surface area contributed by atoms with Crippen molar-refractivity contribution in [3.8, 4) is 11.3 Å². The van der Waals surface area contributed by atoms with E-state index >= 15 is 0 Å². The number of aliphatic imine (C=N–C) groups is 1. The van der Waals surface area contributed by atoms with Crippen molar-refractivity contribution in [1.82, 2.24) is 25.1 Å². The summed E-state index contributed by atoms with van der Waals surface area (Å²) in [5.74, 6) is 0.440. The van der Waals surface area contributed by atoms with Crippen molar-refractivity contribution in [2.24, 2.45) is 22.1 Å². The van der Waals surface area contributed by atoms with Gasteiger partial charge >= 0.3 is 18.3 Å². The van der Waals surface area contributed by atoms with Crippen LogP contribution >= 0.6 is 0 Å². The molecule has 4 rings (SSSR count). The average Bonchev–Trinajstić information content (AvgIpc) is 3.68. The fraction of sp³-hybridized carbons (Fsp3) is 0.545. The number of anilines is 1. The molecular weight excluding hydrogens is 613 g/mol. The number of hydrogen-bond donors (Lipinski definition) is 3. The number of nitrogens with two attached hydrogens (primary N) is 1. The van der Waals surface area contributed by atoms with E-state index in [0.29, 0.717) is 44.2 Å². The number of ether oxygens (including phenoxy) is 1. The molecule has 0 bridgehead atoms. The topological polar surface area (TPSA) is 138 Å². The Morgan fingerprint density at radius 1 is 1.06 bits per heavy atom. The first-order valence-electron chi connectivity index (χ1n) is 15.7. The lowest BCUT2D eigenvalue weighted by molar-refractivity contribution is -0.138. The van der Waals surface area contributed by atoms with E-state index in [1.807, 2.05) is 0 Å². The maximum absolute atomic E-state index is 14.2. The Morgan fingerprint density at radius 3 is 2.43 bits per heavy atom. The lowest BCUT2D eigenvalue weighted by Crippen LogP contribution is -2.39. The van der Waals surface area contributed by atoms with Crippen molar-refractivity contribution in [2.75, 3.05) is 31.5 Å². The first-order chi connectivity index (χ1) is 21.9. The van der Waals surface area contributed by atoms with E-state index in [4.69, 9.17) is 10.5 Å². The number of aromatic nitrogens is 2. The first-order valence-corrected chi connectivity index (χ1v) is 15.7. The van der Waals surface area contributed by atoms with Crippen LogP contribution in [0.25, 0.3) is 11.3 Å². The molecule has 2 aliphatic heterocycles. The third kappa shape index (κ3) is 9.82. The van der Waals surface area contributed by atoms with Gasteiger partial charge in [-0.2, -0.15) is 13.2 Å². The van der Waals surface area contributed by atoms with Gasteiger partial charge in [0.05, 0.1) is 23.0 Å². The predicted molar refractivity (Wildman–Crippen MR) is 174 cm³/mol. The summed E-state index contributed by atoms with van der Waals surface area (Å²) in [5, 5.41) is 5.61. The zero-order valence-electron chi connectivity index (χ0n) is 27.8. The molecule has 47 heavy (non-hydrogen) atoms. The molecule has 14 heteroatoms. The predicted octanol–water partition coefficient (Wildman–Crippen LogP) is 6.03. The Hall–Kier alpha value is -4.36. The SMILES string of the molecule is CC(C)(C)OC(=O)N1CC[C@H](N=CC(=CN)Nc2nccc(-c3ccc(CNC(=O)N4CCC(C(C)(C)C)C4)c(C(F)(F)F)c3)n2)C1. The molecule has 11 nitrogen and oxygen atoms in total. The molecule has 1 aromatic heterocycles. The molecule has 2 aliphatic rings. The molecule has 2 atom stereocenters. The van der Waals surface area contributed by atoms with Gasteiger partial charge in [0.25, 0.3) is 0 Å². The number of carbonyl (C=O) groups excluding carboxylic acids is 2. The maximum Gasteiger partial charge on any atom is 0.416 e. The summed E-state index contributed by atoms with van der Waals surface area (Å²) < 4.78 is 47.9. The Kier molecular flexibility index (Phi) is 10.7. The van der Waals surface area contributed by atoms with E-state index in [2.05, 4.69) is 46.4 Å². The second-order valence-electron chi connectivity index (χ2n) is 14.0. The average molecular weight is 659 g/mol. The number of urea groups is 1. The Balaban J connectivity index is 1.41. The second-order valence-corrected chi connectivity index (χ2v) is 14.0. The molecule has 4 N–H and O–H groups in total. The van der Waals surface area contributed by atoms with Crippen LogP contribution in [0.1, 0.15) is 65.5 Å². The molecule has 0 saturated carbocycles. The minimum absolute atomic E-state index is 0.0447. The summed E-state index contributed by atoms with van der Waals surface area (Å²) in [4.78, 5) is 41.5. The zero-order chi connectivity index (χ0) is 34.6. The molecule has 2 saturated heterocycles. The number of nitrogens with zero attached hydrogens (tertiary/aromatic N) is 5. The van der Waals surface area contributed by atoms with Gasteiger partial charge in [0, 0.05) is 56.9 Å². The van der Waals surface area contributed by atoms with E-state index in [9.17, 15) is 22.8 Å². The maximum atomic E-state index is 14.2. The molecule has 3 heterocycles. The summed E-state index contributed by atoms with van der Waals surface area (Å²) in [6, 6.07) is 4.89. The zero-order valence-corrected chi connectivity index (χ0v) is 27.8. The molecule has 0 radical (unpaired) electrons. The highest BCUT2D eigenvalue weighted by Crippen LogP contribution is 2.36. The third-order valence-electron chi connectivity index (χ3n) is 8.17. The Morgan fingerprint density at radius 2 is 1.79 bits per heavy atom. The standard InChI is InChI=1S/C33H45F3N8O3/c1-31(2,3)23-10-13-43(19-23)29(45)40-17-22-8-7-21(15-26(22)33(34,35)36)27-9-12-38-28(42-27)41-25(16-37)18-39-24-11-14-44(20-24)30(46)47-32(4,5)6/h7-9,12,15-16,18,23-24H,10-11,13-14,17,19-20,37H2,1-6H3,(H,40,45)(H,38,41,42)/t23?,24-/m0/s1. The molecule has 0 spiro atoms. The third-order valence-corrected chi connectivity index (χ3v) is 8.17. The van der Waals surface area contributed by atoms with Gasteiger partial charge in [-0.3, -0.25) is 4.99 Å². The fourth-order valence-electron chi connectivity index (χ4n) is 5.46. The van der Waals surface area contributed by atoms with Gasteiger partial charge in [-0.05, 0) is 62.6 Å². The van der Waals surface area contributed by atoms with Gasteiger partial charge < -0.3 is 30.9 Å². The quantitative estimate of drug-likeness (QED) is 0.309. The number of likely N-dealkylation sites (tertiary alicyclic amines) is 2. The summed E-state index contributed by atoms with van der Waals surface area (Å²) in [7, 11) is 0. The summed E-state index contributed by atoms with van der Waals surface area (Å²) >= 11 is 0. The number of rotatable bonds is 7. The van der Waals surface area contributed by atoms with Crippen molar-refractivity contribution >= 4 is 24.3 Å². The van der Waals surface area contributed by atoms with Crippen LogP contribution in [0.4, 0.5) is 28.7 Å². The van der Waals surface area contributed by atoms with Crippen molar-refractivity contribution < 1.29 is 27.5 Å². The van der Waals surface area contributed by atoms with Crippen LogP contribution < -0.4 is 16.4 Å². The van der Waals surface area contributed by atoms with Crippen molar-refractivity contribution in [3.63, 3.8) is 0 Å². The van der Waals surface area contributed by atoms with Crippen molar-refractivity contribution in [3.05, 3.63) is 53.5 Å². The van der Waals surface area contributed by atoms with E-state index in [0.717, 1.165) is 12.5 Å². The number of alkyl halides is 3. The summed E-state index contributed by atoms with van der Waals surface area (Å²) in [6.07, 6.45) is 0.673. The number of allylic oxidation sites excluding steroid dienone is 1. The van der Waals surface area contributed by atoms with Gasteiger partial charge in [-0.1, -0.05) is 32.9 Å². The van der Waals surface area contributed by atoms with E-state index in [1.54, 1.807) is 30.6 Å². The van der Waals surface area contributed by atoms with E-state index < -0.39 is 23.4 Å². The molecule has 1 aromatic carbocycles. The Bertz CT molecular complexity index is 1500. The highest BCUT2D eigenvalue weighted by molar-refractivity contribution is 5.82. The lowest BCUT2D eigenvalue weighted by Gasteiger charge is -2.27. The minimum Gasteiger partial charge on any atom is -0.444 e. The van der Waals surface area contributed by atoms with E-state index in [1.165, 1.54) is 36.8 Å². The molecule has 256 valence electrons. The number of benzene rings is 1. The van der Waals surface area contributed by atoms with Gasteiger partial charge in [0.1, 0.15) is 5.60 Å². The number of amides is 3. The van der Waals surface area contributed by atoms with Crippen LogP contribution in [-0.2, 0) is 17.5 Å². The summed E-state index contributed by atoms with van der Waals surface area (Å²) in [5.41, 5.74) is 5.18. The molecule has 2 aromatic rings. The second kappa shape index (κ2) is 14.2.